The van der Waals surface area contributed by atoms with Crippen LogP contribution >= 0.6 is 12.2 Å². The molecule has 5 atom stereocenters. The Balaban J connectivity index is 2.77. The highest BCUT2D eigenvalue weighted by molar-refractivity contribution is 7.78. The second-order valence-corrected chi connectivity index (χ2v) is 3.12. The highest BCUT2D eigenvalue weighted by Gasteiger charge is 2.43. The number of isothiocyanates is 1. The fourth-order valence-corrected chi connectivity index (χ4v) is 1.34. The third kappa shape index (κ3) is 2.15. The molecule has 0 amide bonds. The molecule has 80 valence electrons. The van der Waals surface area contributed by atoms with E-state index in [1.807, 2.05) is 5.16 Å². The monoisotopic (exact) mass is 221 g/mol. The van der Waals surface area contributed by atoms with Crippen molar-refractivity contribution in [1.82, 2.24) is 0 Å². The topological polar surface area (TPSA) is 103 Å². The van der Waals surface area contributed by atoms with E-state index >= 15 is 0 Å². The molecule has 0 aromatic heterocycles. The van der Waals surface area contributed by atoms with Gasteiger partial charge in [-0.05, 0) is 12.2 Å². The van der Waals surface area contributed by atoms with Gasteiger partial charge in [0.05, 0.1) is 11.8 Å². The summed E-state index contributed by atoms with van der Waals surface area (Å²) < 4.78 is 4.97. The molecule has 6 nitrogen and oxygen atoms in total. The fraction of sp³-hybridized carbons (Fsp3) is 0.857. The van der Waals surface area contributed by atoms with Gasteiger partial charge in [-0.3, -0.25) is 0 Å². The van der Waals surface area contributed by atoms with Crippen LogP contribution < -0.4 is 0 Å². The van der Waals surface area contributed by atoms with Crippen LogP contribution in [0.15, 0.2) is 4.99 Å². The Bertz CT molecular complexity index is 242. The number of nitrogens with zero attached hydrogens (tertiary/aromatic N) is 1. The minimum Gasteiger partial charge on any atom is -0.394 e. The average Bonchev–Trinajstić information content (AvgIpc) is 2.19. The maximum Gasteiger partial charge on any atom is 0.186 e. The van der Waals surface area contributed by atoms with Gasteiger partial charge in [0.1, 0.15) is 24.4 Å². The first-order valence-corrected chi connectivity index (χ1v) is 4.40. The van der Waals surface area contributed by atoms with Crippen LogP contribution in [0.4, 0.5) is 0 Å². The first-order chi connectivity index (χ1) is 6.61. The second-order valence-electron chi connectivity index (χ2n) is 2.94. The molecule has 0 aromatic carbocycles. The summed E-state index contributed by atoms with van der Waals surface area (Å²) >= 11 is 4.31. The van der Waals surface area contributed by atoms with Crippen LogP contribution in [0, 0.1) is 0 Å². The average molecular weight is 221 g/mol. The Morgan fingerprint density at radius 1 is 1.21 bits per heavy atom. The predicted molar refractivity (Wildman–Crippen MR) is 48.8 cm³/mol. The van der Waals surface area contributed by atoms with Crippen molar-refractivity contribution < 1.29 is 25.2 Å². The molecule has 7 heteroatoms. The molecule has 0 aromatic rings. The van der Waals surface area contributed by atoms with Gasteiger partial charge in [-0.2, -0.15) is 4.99 Å². The Morgan fingerprint density at radius 2 is 1.86 bits per heavy atom. The Kier molecular flexibility index (Phi) is 4.09. The molecule has 0 bridgehead atoms. The summed E-state index contributed by atoms with van der Waals surface area (Å²) in [6, 6.07) is 0. The number of hydrogen-bond acceptors (Lipinski definition) is 7. The number of rotatable bonds is 2. The molecular formula is C7H11NO5S. The maximum absolute atomic E-state index is 9.36. The van der Waals surface area contributed by atoms with Crippen LogP contribution in [0.25, 0.3) is 0 Å². The summed E-state index contributed by atoms with van der Waals surface area (Å²) in [6.45, 7) is -0.478. The van der Waals surface area contributed by atoms with E-state index in [9.17, 15) is 15.3 Å². The first kappa shape index (κ1) is 11.7. The zero-order chi connectivity index (χ0) is 10.7. The third-order valence-electron chi connectivity index (χ3n) is 2.05. The van der Waals surface area contributed by atoms with Gasteiger partial charge in [0.15, 0.2) is 6.23 Å². The van der Waals surface area contributed by atoms with E-state index < -0.39 is 37.3 Å². The number of ether oxygens (including phenoxy) is 1. The SMILES string of the molecule is OC[C@H]1OC(N=C=S)[C@@H](O)[C@@H](O)[C@@H]1O. The van der Waals surface area contributed by atoms with Crippen LogP contribution in [-0.4, -0.2) is 62.8 Å². The minimum atomic E-state index is -1.42. The standard InChI is InChI=1S/C7H11NO5S/c9-1-3-4(10)5(11)6(12)7(13-3)8-2-14/h3-7,9-12H,1H2/t3-,4-,5+,6+,7?/m1/s1. The van der Waals surface area contributed by atoms with Crippen molar-refractivity contribution in [2.24, 2.45) is 4.99 Å². The second kappa shape index (κ2) is 4.90. The largest absolute Gasteiger partial charge is 0.394 e. The van der Waals surface area contributed by atoms with Gasteiger partial charge in [-0.25, -0.2) is 0 Å². The van der Waals surface area contributed by atoms with Gasteiger partial charge >= 0.3 is 0 Å². The minimum absolute atomic E-state index is 0.478. The summed E-state index contributed by atoms with van der Waals surface area (Å²) in [7, 11) is 0. The maximum atomic E-state index is 9.36. The van der Waals surface area contributed by atoms with Gasteiger partial charge in [-0.15, -0.1) is 0 Å². The smallest absolute Gasteiger partial charge is 0.186 e. The van der Waals surface area contributed by atoms with Crippen LogP contribution in [-0.2, 0) is 4.74 Å². The van der Waals surface area contributed by atoms with Crippen LogP contribution in [0.5, 0.6) is 0 Å². The molecule has 1 aliphatic heterocycles. The number of aliphatic imine (C=N–C) groups is 1. The van der Waals surface area contributed by atoms with E-state index in [0.29, 0.717) is 0 Å². The van der Waals surface area contributed by atoms with Crippen molar-refractivity contribution in [3.8, 4) is 0 Å². The molecular weight excluding hydrogens is 210 g/mol. The Hall–Kier alpha value is -0.400. The lowest BCUT2D eigenvalue weighted by molar-refractivity contribution is -0.226. The van der Waals surface area contributed by atoms with E-state index in [-0.39, 0.29) is 0 Å². The first-order valence-electron chi connectivity index (χ1n) is 3.99. The number of hydrogen-bond donors (Lipinski definition) is 4. The van der Waals surface area contributed by atoms with E-state index in [4.69, 9.17) is 9.84 Å². The zero-order valence-corrected chi connectivity index (χ0v) is 7.96. The zero-order valence-electron chi connectivity index (χ0n) is 7.15. The summed E-state index contributed by atoms with van der Waals surface area (Å²) in [5.74, 6) is 0. The summed E-state index contributed by atoms with van der Waals surface area (Å²) in [5, 5.41) is 38.8. The lowest BCUT2D eigenvalue weighted by Gasteiger charge is -2.37. The normalized spacial score (nSPS) is 43.0. The van der Waals surface area contributed by atoms with Crippen molar-refractivity contribution in [1.29, 1.82) is 0 Å². The summed E-state index contributed by atoms with van der Waals surface area (Å²) in [4.78, 5) is 3.46. The van der Waals surface area contributed by atoms with Crippen LogP contribution in [0.3, 0.4) is 0 Å². The molecule has 1 heterocycles. The molecule has 4 N–H and O–H groups in total. The van der Waals surface area contributed by atoms with Gasteiger partial charge in [0, 0.05) is 0 Å². The number of aliphatic hydroxyl groups excluding tert-OH is 4. The van der Waals surface area contributed by atoms with E-state index in [2.05, 4.69) is 17.2 Å². The lowest BCUT2D eigenvalue weighted by atomic mass is 9.99. The Morgan fingerprint density at radius 3 is 2.36 bits per heavy atom. The van der Waals surface area contributed by atoms with Crippen molar-refractivity contribution in [2.75, 3.05) is 6.61 Å². The molecule has 1 saturated heterocycles. The van der Waals surface area contributed by atoms with Crippen molar-refractivity contribution in [2.45, 2.75) is 30.6 Å². The Labute approximate surface area is 85.5 Å². The highest BCUT2D eigenvalue weighted by Crippen LogP contribution is 2.21. The molecule has 0 spiro atoms. The molecule has 0 radical (unpaired) electrons. The predicted octanol–water partition coefficient (Wildman–Crippen LogP) is -2.11. The van der Waals surface area contributed by atoms with Gasteiger partial charge < -0.3 is 25.2 Å². The van der Waals surface area contributed by atoms with Crippen molar-refractivity contribution in [3.05, 3.63) is 0 Å². The summed E-state index contributed by atoms with van der Waals surface area (Å²) in [5.41, 5.74) is 0. The molecule has 1 aliphatic rings. The summed E-state index contributed by atoms with van der Waals surface area (Å²) in [6.07, 6.45) is -6.21. The van der Waals surface area contributed by atoms with Crippen molar-refractivity contribution in [3.63, 3.8) is 0 Å². The van der Waals surface area contributed by atoms with E-state index in [1.54, 1.807) is 0 Å². The van der Waals surface area contributed by atoms with Crippen molar-refractivity contribution >= 4 is 17.4 Å². The lowest BCUT2D eigenvalue weighted by Crippen LogP contribution is -2.57. The highest BCUT2D eigenvalue weighted by atomic mass is 32.1. The van der Waals surface area contributed by atoms with E-state index in [1.165, 1.54) is 0 Å². The van der Waals surface area contributed by atoms with Crippen LogP contribution in [0.1, 0.15) is 0 Å². The van der Waals surface area contributed by atoms with E-state index in [0.717, 1.165) is 0 Å². The van der Waals surface area contributed by atoms with Gasteiger partial charge in [-0.1, -0.05) is 0 Å². The molecule has 14 heavy (non-hydrogen) atoms. The molecule has 1 rings (SSSR count). The number of thiocarbonyl (C=S) groups is 1. The van der Waals surface area contributed by atoms with Crippen LogP contribution in [0.2, 0.25) is 0 Å². The molecule has 1 unspecified atom stereocenters. The third-order valence-corrected chi connectivity index (χ3v) is 2.15. The molecule has 0 saturated carbocycles. The van der Waals surface area contributed by atoms with Gasteiger partial charge in [0.2, 0.25) is 0 Å². The quantitative estimate of drug-likeness (QED) is 0.314. The number of aliphatic hydroxyl groups is 4. The molecule has 0 aliphatic carbocycles. The fourth-order valence-electron chi connectivity index (χ4n) is 1.24. The molecule has 1 fully saturated rings. The van der Waals surface area contributed by atoms with Gasteiger partial charge in [0.25, 0.3) is 0 Å².